The number of anilines is 2. The fraction of sp³-hybridized carbons (Fsp3) is 0.105. The number of nitrogens with zero attached hydrogens (tertiary/aromatic N) is 1. The summed E-state index contributed by atoms with van der Waals surface area (Å²) in [6.07, 6.45) is 0. The van der Waals surface area contributed by atoms with Crippen LogP contribution in [-0.2, 0) is 0 Å². The standard InChI is InChI=1S/C19H17N3O3/c1-12-8-9-15(20-19(24)17-10-13(2)25-22-17)11-16(12)21-18(23)14-6-4-3-5-7-14/h3-11H,1-2H3,(H,20,24)(H,21,23). The molecule has 0 radical (unpaired) electrons. The molecule has 2 aromatic carbocycles. The molecule has 2 amide bonds. The molecule has 0 saturated heterocycles. The van der Waals surface area contributed by atoms with Crippen molar-refractivity contribution in [3.05, 3.63) is 77.2 Å². The fourth-order valence-electron chi connectivity index (χ4n) is 2.29. The van der Waals surface area contributed by atoms with Crippen molar-refractivity contribution in [2.45, 2.75) is 13.8 Å². The van der Waals surface area contributed by atoms with Gasteiger partial charge in [-0.3, -0.25) is 9.59 Å². The van der Waals surface area contributed by atoms with E-state index in [1.807, 2.05) is 19.1 Å². The molecule has 2 N–H and O–H groups in total. The van der Waals surface area contributed by atoms with E-state index < -0.39 is 0 Å². The van der Waals surface area contributed by atoms with Crippen LogP contribution in [0.15, 0.2) is 59.1 Å². The Morgan fingerprint density at radius 2 is 1.68 bits per heavy atom. The Morgan fingerprint density at radius 1 is 0.920 bits per heavy atom. The van der Waals surface area contributed by atoms with Crippen LogP contribution in [-0.4, -0.2) is 17.0 Å². The lowest BCUT2D eigenvalue weighted by molar-refractivity contribution is 0.101. The topological polar surface area (TPSA) is 84.2 Å². The minimum absolute atomic E-state index is 0.202. The van der Waals surface area contributed by atoms with Crippen LogP contribution in [0, 0.1) is 13.8 Å². The van der Waals surface area contributed by atoms with Gasteiger partial charge in [0.1, 0.15) is 5.76 Å². The molecule has 126 valence electrons. The van der Waals surface area contributed by atoms with Gasteiger partial charge >= 0.3 is 0 Å². The van der Waals surface area contributed by atoms with E-state index in [4.69, 9.17) is 4.52 Å². The van der Waals surface area contributed by atoms with Crippen LogP contribution >= 0.6 is 0 Å². The van der Waals surface area contributed by atoms with E-state index in [0.717, 1.165) is 5.56 Å². The fourth-order valence-corrected chi connectivity index (χ4v) is 2.29. The van der Waals surface area contributed by atoms with Crippen molar-refractivity contribution in [1.29, 1.82) is 0 Å². The number of amides is 2. The summed E-state index contributed by atoms with van der Waals surface area (Å²) in [6.45, 7) is 3.60. The zero-order chi connectivity index (χ0) is 17.8. The molecule has 1 heterocycles. The van der Waals surface area contributed by atoms with Gasteiger partial charge in [0.15, 0.2) is 5.69 Å². The van der Waals surface area contributed by atoms with Gasteiger partial charge in [-0.2, -0.15) is 0 Å². The van der Waals surface area contributed by atoms with Gasteiger partial charge < -0.3 is 15.2 Å². The lowest BCUT2D eigenvalue weighted by Crippen LogP contribution is -2.15. The van der Waals surface area contributed by atoms with E-state index in [9.17, 15) is 9.59 Å². The number of hydrogen-bond acceptors (Lipinski definition) is 4. The highest BCUT2D eigenvalue weighted by Gasteiger charge is 2.13. The van der Waals surface area contributed by atoms with Gasteiger partial charge in [-0.25, -0.2) is 0 Å². The Labute approximate surface area is 144 Å². The number of benzene rings is 2. The lowest BCUT2D eigenvalue weighted by atomic mass is 10.1. The third-order valence-electron chi connectivity index (χ3n) is 3.64. The summed E-state index contributed by atoms with van der Waals surface area (Å²) in [5.41, 5.74) is 2.84. The molecule has 0 aliphatic heterocycles. The molecule has 0 aliphatic carbocycles. The Bertz CT molecular complexity index is 917. The maximum absolute atomic E-state index is 12.3. The predicted molar refractivity (Wildman–Crippen MR) is 94.8 cm³/mol. The number of hydrogen-bond donors (Lipinski definition) is 2. The van der Waals surface area contributed by atoms with E-state index >= 15 is 0 Å². The van der Waals surface area contributed by atoms with Crippen molar-refractivity contribution in [2.24, 2.45) is 0 Å². The molecule has 6 heteroatoms. The molecule has 0 aliphatic rings. The van der Waals surface area contributed by atoms with Crippen LogP contribution in [0.3, 0.4) is 0 Å². The average molecular weight is 335 g/mol. The van der Waals surface area contributed by atoms with Gasteiger partial charge in [0.25, 0.3) is 11.8 Å². The second-order valence-corrected chi connectivity index (χ2v) is 5.63. The van der Waals surface area contributed by atoms with E-state index in [2.05, 4.69) is 15.8 Å². The van der Waals surface area contributed by atoms with Gasteiger partial charge in [0.05, 0.1) is 0 Å². The Hall–Kier alpha value is -3.41. The second-order valence-electron chi connectivity index (χ2n) is 5.63. The number of nitrogens with one attached hydrogen (secondary N) is 2. The third-order valence-corrected chi connectivity index (χ3v) is 3.64. The molecule has 3 aromatic rings. The number of carbonyl (C=O) groups is 2. The van der Waals surface area contributed by atoms with E-state index in [-0.39, 0.29) is 17.5 Å². The summed E-state index contributed by atoms with van der Waals surface area (Å²) in [5.74, 6) is -0.0230. The normalized spacial score (nSPS) is 10.3. The molecule has 0 unspecified atom stereocenters. The molecule has 0 atom stereocenters. The van der Waals surface area contributed by atoms with Crippen LogP contribution in [0.2, 0.25) is 0 Å². The first kappa shape index (κ1) is 16.4. The summed E-state index contributed by atoms with van der Waals surface area (Å²) < 4.78 is 4.90. The van der Waals surface area contributed by atoms with E-state index in [1.165, 1.54) is 0 Å². The first-order chi connectivity index (χ1) is 12.0. The van der Waals surface area contributed by atoms with E-state index in [1.54, 1.807) is 49.4 Å². The number of carbonyl (C=O) groups excluding carboxylic acids is 2. The van der Waals surface area contributed by atoms with Crippen molar-refractivity contribution in [3.63, 3.8) is 0 Å². The van der Waals surface area contributed by atoms with Crippen molar-refractivity contribution in [3.8, 4) is 0 Å². The molecule has 0 bridgehead atoms. The number of rotatable bonds is 4. The highest BCUT2D eigenvalue weighted by molar-refractivity contribution is 6.06. The summed E-state index contributed by atoms with van der Waals surface area (Å²) in [7, 11) is 0. The summed E-state index contributed by atoms with van der Waals surface area (Å²) in [5, 5.41) is 9.28. The van der Waals surface area contributed by atoms with E-state index in [0.29, 0.717) is 22.7 Å². The Kier molecular flexibility index (Phi) is 4.61. The van der Waals surface area contributed by atoms with Crippen LogP contribution in [0.1, 0.15) is 32.2 Å². The highest BCUT2D eigenvalue weighted by Crippen LogP contribution is 2.21. The van der Waals surface area contributed by atoms with Crippen molar-refractivity contribution < 1.29 is 14.1 Å². The molecule has 0 saturated carbocycles. The third kappa shape index (κ3) is 3.92. The van der Waals surface area contributed by atoms with Crippen LogP contribution < -0.4 is 10.6 Å². The van der Waals surface area contributed by atoms with Gasteiger partial charge in [0, 0.05) is 23.0 Å². The van der Waals surface area contributed by atoms with Crippen molar-refractivity contribution in [2.75, 3.05) is 10.6 Å². The largest absolute Gasteiger partial charge is 0.361 e. The molecule has 1 aromatic heterocycles. The molecule has 0 spiro atoms. The maximum Gasteiger partial charge on any atom is 0.277 e. The highest BCUT2D eigenvalue weighted by atomic mass is 16.5. The van der Waals surface area contributed by atoms with Crippen LogP contribution in [0.4, 0.5) is 11.4 Å². The Morgan fingerprint density at radius 3 is 2.36 bits per heavy atom. The minimum Gasteiger partial charge on any atom is -0.361 e. The SMILES string of the molecule is Cc1cc(C(=O)Nc2ccc(C)c(NC(=O)c3ccccc3)c2)no1. The van der Waals surface area contributed by atoms with Crippen LogP contribution in [0.25, 0.3) is 0 Å². The lowest BCUT2D eigenvalue weighted by Gasteiger charge is -2.11. The first-order valence-electron chi connectivity index (χ1n) is 7.74. The Balaban J connectivity index is 1.76. The minimum atomic E-state index is -0.374. The smallest absolute Gasteiger partial charge is 0.277 e. The second kappa shape index (κ2) is 7.00. The summed E-state index contributed by atoms with van der Waals surface area (Å²) >= 11 is 0. The van der Waals surface area contributed by atoms with Gasteiger partial charge in [-0.15, -0.1) is 0 Å². The van der Waals surface area contributed by atoms with Gasteiger partial charge in [-0.1, -0.05) is 29.4 Å². The maximum atomic E-state index is 12.3. The van der Waals surface area contributed by atoms with Crippen molar-refractivity contribution in [1.82, 2.24) is 5.16 Å². The van der Waals surface area contributed by atoms with Crippen LogP contribution in [0.5, 0.6) is 0 Å². The molecule has 6 nitrogen and oxygen atoms in total. The quantitative estimate of drug-likeness (QED) is 0.759. The predicted octanol–water partition coefficient (Wildman–Crippen LogP) is 3.80. The molecular formula is C19H17N3O3. The summed E-state index contributed by atoms with van der Waals surface area (Å²) in [6, 6.07) is 15.8. The first-order valence-corrected chi connectivity index (χ1v) is 7.74. The summed E-state index contributed by atoms with van der Waals surface area (Å²) in [4.78, 5) is 24.4. The molecule has 3 rings (SSSR count). The average Bonchev–Trinajstić information content (AvgIpc) is 3.05. The van der Waals surface area contributed by atoms with Gasteiger partial charge in [0.2, 0.25) is 0 Å². The zero-order valence-electron chi connectivity index (χ0n) is 13.9. The zero-order valence-corrected chi connectivity index (χ0v) is 13.9. The van der Waals surface area contributed by atoms with Gasteiger partial charge in [-0.05, 0) is 43.7 Å². The van der Waals surface area contributed by atoms with Crippen molar-refractivity contribution >= 4 is 23.2 Å². The molecule has 0 fully saturated rings. The monoisotopic (exact) mass is 335 g/mol. The molecule has 25 heavy (non-hydrogen) atoms. The number of aromatic nitrogens is 1. The molecular weight excluding hydrogens is 318 g/mol. The number of aryl methyl sites for hydroxylation is 2.